The predicted octanol–water partition coefficient (Wildman–Crippen LogP) is 1.25. The first-order valence-corrected chi connectivity index (χ1v) is 7.48. The molecule has 1 N–H and O–H groups in total. The van der Waals surface area contributed by atoms with Crippen molar-refractivity contribution in [2.75, 3.05) is 38.1 Å². The van der Waals surface area contributed by atoms with Gasteiger partial charge in [0.25, 0.3) is 0 Å². The number of carbonyl (C=O) groups is 2. The topological polar surface area (TPSA) is 52.7 Å². The molecule has 1 aromatic carbocycles. The third kappa shape index (κ3) is 4.56. The molecule has 2 amide bonds. The van der Waals surface area contributed by atoms with Crippen molar-refractivity contribution in [1.82, 2.24) is 10.2 Å². The van der Waals surface area contributed by atoms with Gasteiger partial charge in [0.05, 0.1) is 0 Å². The fraction of sp³-hybridized carbons (Fsp3) is 0.500. The molecule has 0 aliphatic carbocycles. The maximum absolute atomic E-state index is 12.1. The van der Waals surface area contributed by atoms with Crippen molar-refractivity contribution >= 4 is 17.5 Å². The minimum absolute atomic E-state index is 0.0503. The zero-order valence-electron chi connectivity index (χ0n) is 12.5. The van der Waals surface area contributed by atoms with Gasteiger partial charge < -0.3 is 15.1 Å². The zero-order valence-corrected chi connectivity index (χ0v) is 12.5. The monoisotopic (exact) mass is 289 g/mol. The van der Waals surface area contributed by atoms with Gasteiger partial charge in [0.15, 0.2) is 0 Å². The number of nitrogens with zero attached hydrogens (tertiary/aromatic N) is 2. The van der Waals surface area contributed by atoms with E-state index in [0.717, 1.165) is 31.9 Å². The van der Waals surface area contributed by atoms with Gasteiger partial charge in [-0.3, -0.25) is 9.59 Å². The molecule has 1 saturated heterocycles. The van der Waals surface area contributed by atoms with E-state index in [4.69, 9.17) is 0 Å². The Labute approximate surface area is 125 Å². The van der Waals surface area contributed by atoms with Crippen molar-refractivity contribution in [1.29, 1.82) is 0 Å². The highest BCUT2D eigenvalue weighted by Crippen LogP contribution is 2.13. The third-order valence-electron chi connectivity index (χ3n) is 3.77. The highest BCUT2D eigenvalue weighted by atomic mass is 16.2. The number of para-hydroxylation sites is 1. The largest absolute Gasteiger partial charge is 0.340 e. The lowest BCUT2D eigenvalue weighted by atomic mass is 10.2. The van der Waals surface area contributed by atoms with E-state index in [1.807, 2.05) is 35.2 Å². The second kappa shape index (κ2) is 7.78. The smallest absolute Gasteiger partial charge is 0.226 e. The molecule has 0 unspecified atom stereocenters. The summed E-state index contributed by atoms with van der Waals surface area (Å²) in [4.78, 5) is 27.6. The van der Waals surface area contributed by atoms with Crippen LogP contribution in [-0.4, -0.2) is 49.9 Å². The third-order valence-corrected chi connectivity index (χ3v) is 3.77. The van der Waals surface area contributed by atoms with Gasteiger partial charge in [-0.15, -0.1) is 0 Å². The molecular weight excluding hydrogens is 266 g/mol. The SMILES string of the molecule is CN(C(=O)CCCC(=O)N1CCNCC1)c1ccccc1. The van der Waals surface area contributed by atoms with Crippen LogP contribution in [0.5, 0.6) is 0 Å². The maximum Gasteiger partial charge on any atom is 0.226 e. The quantitative estimate of drug-likeness (QED) is 0.887. The molecule has 1 fully saturated rings. The zero-order chi connectivity index (χ0) is 15.1. The number of rotatable bonds is 5. The van der Waals surface area contributed by atoms with Gasteiger partial charge >= 0.3 is 0 Å². The molecule has 5 nitrogen and oxygen atoms in total. The predicted molar refractivity (Wildman–Crippen MR) is 83.2 cm³/mol. The fourth-order valence-corrected chi connectivity index (χ4v) is 2.43. The van der Waals surface area contributed by atoms with E-state index in [1.165, 1.54) is 0 Å². The lowest BCUT2D eigenvalue weighted by molar-refractivity contribution is -0.131. The molecule has 1 aliphatic rings. The van der Waals surface area contributed by atoms with Crippen molar-refractivity contribution in [2.45, 2.75) is 19.3 Å². The normalized spacial score (nSPS) is 14.8. The van der Waals surface area contributed by atoms with Crippen LogP contribution in [0.3, 0.4) is 0 Å². The minimum Gasteiger partial charge on any atom is -0.340 e. The Kier molecular flexibility index (Phi) is 5.75. The Morgan fingerprint density at radius 2 is 1.81 bits per heavy atom. The number of anilines is 1. The standard InChI is InChI=1S/C16H23N3O2/c1-18(14-6-3-2-4-7-14)15(20)8-5-9-16(21)19-12-10-17-11-13-19/h2-4,6-7,17H,5,8-13H2,1H3. The number of carbonyl (C=O) groups excluding carboxylic acids is 2. The molecule has 1 aliphatic heterocycles. The van der Waals surface area contributed by atoms with E-state index >= 15 is 0 Å². The van der Waals surface area contributed by atoms with Gasteiger partial charge in [0.2, 0.25) is 11.8 Å². The second-order valence-corrected chi connectivity index (χ2v) is 5.27. The van der Waals surface area contributed by atoms with Crippen LogP contribution in [0.2, 0.25) is 0 Å². The first kappa shape index (κ1) is 15.5. The average molecular weight is 289 g/mol. The molecule has 0 aromatic heterocycles. The Balaban J connectivity index is 1.72. The molecule has 1 aromatic rings. The van der Waals surface area contributed by atoms with Crippen LogP contribution < -0.4 is 10.2 Å². The van der Waals surface area contributed by atoms with Gasteiger partial charge in [0.1, 0.15) is 0 Å². The lowest BCUT2D eigenvalue weighted by Gasteiger charge is -2.27. The average Bonchev–Trinajstić information content (AvgIpc) is 2.55. The van der Waals surface area contributed by atoms with Gasteiger partial charge in [-0.2, -0.15) is 0 Å². The molecule has 5 heteroatoms. The van der Waals surface area contributed by atoms with Crippen LogP contribution in [0.4, 0.5) is 5.69 Å². The van der Waals surface area contributed by atoms with Crippen molar-refractivity contribution in [3.8, 4) is 0 Å². The molecule has 0 radical (unpaired) electrons. The summed E-state index contributed by atoms with van der Waals surface area (Å²) in [6.07, 6.45) is 1.47. The van der Waals surface area contributed by atoms with Gasteiger partial charge in [0, 0.05) is 51.8 Å². The van der Waals surface area contributed by atoms with E-state index in [1.54, 1.807) is 11.9 Å². The van der Waals surface area contributed by atoms with Crippen LogP contribution in [0.25, 0.3) is 0 Å². The van der Waals surface area contributed by atoms with E-state index < -0.39 is 0 Å². The summed E-state index contributed by atoms with van der Waals surface area (Å²) < 4.78 is 0. The number of piperazine rings is 1. The number of nitrogens with one attached hydrogen (secondary N) is 1. The molecular formula is C16H23N3O2. The van der Waals surface area contributed by atoms with Crippen LogP contribution in [-0.2, 0) is 9.59 Å². The minimum atomic E-state index is 0.0503. The summed E-state index contributed by atoms with van der Waals surface area (Å²) in [5.74, 6) is 0.209. The summed E-state index contributed by atoms with van der Waals surface area (Å²) in [6.45, 7) is 3.27. The van der Waals surface area contributed by atoms with Crippen molar-refractivity contribution < 1.29 is 9.59 Å². The van der Waals surface area contributed by atoms with E-state index in [2.05, 4.69) is 5.32 Å². The molecule has 21 heavy (non-hydrogen) atoms. The Hall–Kier alpha value is -1.88. The fourth-order valence-electron chi connectivity index (χ4n) is 2.43. The van der Waals surface area contributed by atoms with E-state index in [-0.39, 0.29) is 11.8 Å². The van der Waals surface area contributed by atoms with Crippen LogP contribution >= 0.6 is 0 Å². The first-order valence-electron chi connectivity index (χ1n) is 7.48. The van der Waals surface area contributed by atoms with Gasteiger partial charge in [-0.05, 0) is 18.6 Å². The van der Waals surface area contributed by atoms with E-state index in [0.29, 0.717) is 19.3 Å². The molecule has 114 valence electrons. The molecule has 0 bridgehead atoms. The summed E-state index contributed by atoms with van der Waals surface area (Å²) in [5.41, 5.74) is 0.885. The molecule has 0 atom stereocenters. The Bertz CT molecular complexity index is 470. The van der Waals surface area contributed by atoms with Crippen molar-refractivity contribution in [3.05, 3.63) is 30.3 Å². The van der Waals surface area contributed by atoms with Crippen molar-refractivity contribution in [2.24, 2.45) is 0 Å². The summed E-state index contributed by atoms with van der Waals surface area (Å²) >= 11 is 0. The number of hydrogen-bond donors (Lipinski definition) is 1. The van der Waals surface area contributed by atoms with Crippen molar-refractivity contribution in [3.63, 3.8) is 0 Å². The van der Waals surface area contributed by atoms with E-state index in [9.17, 15) is 9.59 Å². The lowest BCUT2D eigenvalue weighted by Crippen LogP contribution is -2.46. The summed E-state index contributed by atoms with van der Waals surface area (Å²) in [5, 5.41) is 3.22. The molecule has 1 heterocycles. The molecule has 0 spiro atoms. The molecule has 2 rings (SSSR count). The van der Waals surface area contributed by atoms with Gasteiger partial charge in [-0.25, -0.2) is 0 Å². The van der Waals surface area contributed by atoms with Crippen LogP contribution in [0, 0.1) is 0 Å². The first-order chi connectivity index (χ1) is 10.2. The number of benzene rings is 1. The Morgan fingerprint density at radius 1 is 1.14 bits per heavy atom. The van der Waals surface area contributed by atoms with Gasteiger partial charge in [-0.1, -0.05) is 18.2 Å². The maximum atomic E-state index is 12.1. The highest BCUT2D eigenvalue weighted by molar-refractivity contribution is 5.93. The number of hydrogen-bond acceptors (Lipinski definition) is 3. The number of amides is 2. The summed E-state index contributed by atoms with van der Waals surface area (Å²) in [7, 11) is 1.77. The second-order valence-electron chi connectivity index (χ2n) is 5.27. The molecule has 0 saturated carbocycles. The highest BCUT2D eigenvalue weighted by Gasteiger charge is 2.17. The summed E-state index contributed by atoms with van der Waals surface area (Å²) in [6, 6.07) is 9.56. The van der Waals surface area contributed by atoms with Crippen LogP contribution in [0.1, 0.15) is 19.3 Å². The van der Waals surface area contributed by atoms with Crippen LogP contribution in [0.15, 0.2) is 30.3 Å². The Morgan fingerprint density at radius 3 is 2.48 bits per heavy atom.